The highest BCUT2D eigenvalue weighted by molar-refractivity contribution is 5.85. The second kappa shape index (κ2) is 5.12. The molecule has 1 saturated heterocycles. The zero-order valence-electron chi connectivity index (χ0n) is 9.96. The summed E-state index contributed by atoms with van der Waals surface area (Å²) in [6.07, 6.45) is 3.62. The van der Waals surface area contributed by atoms with E-state index in [2.05, 4.69) is 22.0 Å². The van der Waals surface area contributed by atoms with Gasteiger partial charge >= 0.3 is 5.97 Å². The van der Waals surface area contributed by atoms with Crippen molar-refractivity contribution in [1.29, 1.82) is 0 Å². The fourth-order valence-electron chi connectivity index (χ4n) is 2.21. The van der Waals surface area contributed by atoms with Gasteiger partial charge in [0.2, 0.25) is 0 Å². The van der Waals surface area contributed by atoms with Gasteiger partial charge in [0.15, 0.2) is 11.5 Å². The Bertz CT molecular complexity index is 391. The largest absolute Gasteiger partial charge is 0.476 e. The third-order valence-electron chi connectivity index (χ3n) is 3.29. The van der Waals surface area contributed by atoms with Crippen LogP contribution in [-0.2, 0) is 0 Å². The summed E-state index contributed by atoms with van der Waals surface area (Å²) in [7, 11) is 0. The highest BCUT2D eigenvalue weighted by Crippen LogP contribution is 2.22. The predicted molar refractivity (Wildman–Crippen MR) is 64.2 cm³/mol. The summed E-state index contributed by atoms with van der Waals surface area (Å²) in [5, 5.41) is 16.5. The number of carboxylic acids is 1. The summed E-state index contributed by atoms with van der Waals surface area (Å²) >= 11 is 0. The van der Waals surface area contributed by atoms with Gasteiger partial charge < -0.3 is 10.0 Å². The molecule has 17 heavy (non-hydrogen) atoms. The zero-order valence-corrected chi connectivity index (χ0v) is 9.96. The number of piperidine rings is 1. The Hall–Kier alpha value is -1.65. The van der Waals surface area contributed by atoms with E-state index in [9.17, 15) is 4.79 Å². The van der Waals surface area contributed by atoms with Gasteiger partial charge in [-0.2, -0.15) is 0 Å². The second-order valence-corrected chi connectivity index (χ2v) is 4.44. The summed E-state index contributed by atoms with van der Waals surface area (Å²) < 4.78 is 0. The Balaban J connectivity index is 2.08. The van der Waals surface area contributed by atoms with Gasteiger partial charge in [-0.05, 0) is 30.9 Å². The fourth-order valence-corrected chi connectivity index (χ4v) is 2.21. The third kappa shape index (κ3) is 2.72. The molecule has 5 heteroatoms. The smallest absolute Gasteiger partial charge is 0.356 e. The quantitative estimate of drug-likeness (QED) is 0.865. The van der Waals surface area contributed by atoms with Crippen molar-refractivity contribution < 1.29 is 9.90 Å². The lowest BCUT2D eigenvalue weighted by atomic mass is 9.96. The van der Waals surface area contributed by atoms with Crippen LogP contribution in [0.4, 0.5) is 5.82 Å². The van der Waals surface area contributed by atoms with Crippen molar-refractivity contribution in [3.63, 3.8) is 0 Å². The fraction of sp³-hybridized carbons (Fsp3) is 0.583. The van der Waals surface area contributed by atoms with Crippen LogP contribution in [0.2, 0.25) is 0 Å². The summed E-state index contributed by atoms with van der Waals surface area (Å²) in [6.45, 7) is 4.18. The van der Waals surface area contributed by atoms with Gasteiger partial charge in [0, 0.05) is 13.1 Å². The Morgan fingerprint density at radius 2 is 2.35 bits per heavy atom. The number of carboxylic acid groups (broad SMARTS) is 1. The molecule has 0 saturated carbocycles. The number of hydrogen-bond acceptors (Lipinski definition) is 4. The standard InChI is InChI=1S/C12H17N3O2/c1-2-9-4-3-7-15(8-9)11-6-5-10(12(16)17)13-14-11/h5-6,9H,2-4,7-8H2,1H3,(H,16,17). The minimum atomic E-state index is -1.03. The molecule has 0 radical (unpaired) electrons. The molecule has 0 aliphatic carbocycles. The van der Waals surface area contributed by atoms with Crippen molar-refractivity contribution in [2.75, 3.05) is 18.0 Å². The molecular formula is C12H17N3O2. The first-order chi connectivity index (χ1) is 8.20. The van der Waals surface area contributed by atoms with Crippen molar-refractivity contribution in [1.82, 2.24) is 10.2 Å². The van der Waals surface area contributed by atoms with E-state index in [1.165, 1.54) is 25.3 Å². The van der Waals surface area contributed by atoms with Crippen LogP contribution in [0, 0.1) is 5.92 Å². The molecule has 1 aliphatic rings. The molecule has 1 aliphatic heterocycles. The number of aromatic carboxylic acids is 1. The molecule has 1 aromatic heterocycles. The van der Waals surface area contributed by atoms with Crippen LogP contribution in [0.15, 0.2) is 12.1 Å². The third-order valence-corrected chi connectivity index (χ3v) is 3.29. The van der Waals surface area contributed by atoms with E-state index in [1.807, 2.05) is 0 Å². The average Bonchev–Trinajstić information content (AvgIpc) is 2.39. The molecule has 92 valence electrons. The van der Waals surface area contributed by atoms with Crippen molar-refractivity contribution >= 4 is 11.8 Å². The minimum Gasteiger partial charge on any atom is -0.476 e. The molecule has 2 heterocycles. The van der Waals surface area contributed by atoms with Crippen molar-refractivity contribution in [2.24, 2.45) is 5.92 Å². The lowest BCUT2D eigenvalue weighted by Crippen LogP contribution is -2.35. The molecule has 2 rings (SSSR count). The molecular weight excluding hydrogens is 218 g/mol. The summed E-state index contributed by atoms with van der Waals surface area (Å²) in [4.78, 5) is 12.9. The van der Waals surface area contributed by atoms with Crippen molar-refractivity contribution in [3.8, 4) is 0 Å². The Morgan fingerprint density at radius 1 is 1.53 bits per heavy atom. The van der Waals surface area contributed by atoms with Crippen LogP contribution >= 0.6 is 0 Å². The monoisotopic (exact) mass is 235 g/mol. The first-order valence-corrected chi connectivity index (χ1v) is 6.02. The molecule has 1 atom stereocenters. The number of hydrogen-bond donors (Lipinski definition) is 1. The average molecular weight is 235 g/mol. The Kier molecular flexibility index (Phi) is 3.56. The van der Waals surface area contributed by atoms with Gasteiger partial charge in [0.1, 0.15) is 0 Å². The maximum Gasteiger partial charge on any atom is 0.356 e. The van der Waals surface area contributed by atoms with Crippen LogP contribution in [-0.4, -0.2) is 34.4 Å². The first-order valence-electron chi connectivity index (χ1n) is 6.02. The van der Waals surface area contributed by atoms with E-state index < -0.39 is 5.97 Å². The summed E-state index contributed by atoms with van der Waals surface area (Å²) in [5.74, 6) is 0.465. The van der Waals surface area contributed by atoms with E-state index in [4.69, 9.17) is 5.11 Å². The minimum absolute atomic E-state index is 0.00204. The topological polar surface area (TPSA) is 66.3 Å². The second-order valence-electron chi connectivity index (χ2n) is 4.44. The normalized spacial score (nSPS) is 20.3. The molecule has 0 aromatic carbocycles. The molecule has 0 amide bonds. The SMILES string of the molecule is CCC1CCCN(c2ccc(C(=O)O)nn2)C1. The van der Waals surface area contributed by atoms with Gasteiger partial charge in [0.25, 0.3) is 0 Å². The number of carbonyl (C=O) groups is 1. The Morgan fingerprint density at radius 3 is 2.94 bits per heavy atom. The number of nitrogens with zero attached hydrogens (tertiary/aromatic N) is 3. The van der Waals surface area contributed by atoms with Gasteiger partial charge in [0.05, 0.1) is 0 Å². The van der Waals surface area contributed by atoms with Crippen molar-refractivity contribution in [2.45, 2.75) is 26.2 Å². The van der Waals surface area contributed by atoms with Crippen LogP contribution < -0.4 is 4.90 Å². The van der Waals surface area contributed by atoms with Gasteiger partial charge in [-0.15, -0.1) is 10.2 Å². The van der Waals surface area contributed by atoms with Crippen molar-refractivity contribution in [3.05, 3.63) is 17.8 Å². The lowest BCUT2D eigenvalue weighted by Gasteiger charge is -2.32. The predicted octanol–water partition coefficient (Wildman–Crippen LogP) is 1.80. The van der Waals surface area contributed by atoms with E-state index in [-0.39, 0.29) is 5.69 Å². The molecule has 1 aromatic rings. The zero-order chi connectivity index (χ0) is 12.3. The number of anilines is 1. The van der Waals surface area contributed by atoms with E-state index in [1.54, 1.807) is 6.07 Å². The lowest BCUT2D eigenvalue weighted by molar-refractivity contribution is 0.0689. The number of aromatic nitrogens is 2. The van der Waals surface area contributed by atoms with Crippen LogP contribution in [0.5, 0.6) is 0 Å². The maximum atomic E-state index is 10.7. The van der Waals surface area contributed by atoms with E-state index in [0.717, 1.165) is 18.9 Å². The molecule has 5 nitrogen and oxygen atoms in total. The van der Waals surface area contributed by atoms with Gasteiger partial charge in [-0.3, -0.25) is 0 Å². The molecule has 0 bridgehead atoms. The Labute approximate surface area is 100 Å². The summed E-state index contributed by atoms with van der Waals surface area (Å²) in [6, 6.07) is 3.26. The van der Waals surface area contributed by atoms with Gasteiger partial charge in [-0.1, -0.05) is 13.3 Å². The molecule has 0 spiro atoms. The van der Waals surface area contributed by atoms with E-state index >= 15 is 0 Å². The van der Waals surface area contributed by atoms with E-state index in [0.29, 0.717) is 5.92 Å². The highest BCUT2D eigenvalue weighted by Gasteiger charge is 2.20. The molecule has 1 unspecified atom stereocenters. The maximum absolute atomic E-state index is 10.7. The van der Waals surface area contributed by atoms with Crippen LogP contribution in [0.3, 0.4) is 0 Å². The first kappa shape index (κ1) is 11.8. The van der Waals surface area contributed by atoms with Gasteiger partial charge in [-0.25, -0.2) is 4.79 Å². The highest BCUT2D eigenvalue weighted by atomic mass is 16.4. The number of rotatable bonds is 3. The van der Waals surface area contributed by atoms with Crippen LogP contribution in [0.25, 0.3) is 0 Å². The molecule has 1 N–H and O–H groups in total. The van der Waals surface area contributed by atoms with Crippen LogP contribution in [0.1, 0.15) is 36.7 Å². The summed E-state index contributed by atoms with van der Waals surface area (Å²) in [5.41, 5.74) is -0.00204. The molecule has 1 fully saturated rings.